The number of halogens is 1. The van der Waals surface area contributed by atoms with Crippen LogP contribution in [0.5, 0.6) is 0 Å². The summed E-state index contributed by atoms with van der Waals surface area (Å²) in [5, 5.41) is 0. The van der Waals surface area contributed by atoms with E-state index in [0.29, 0.717) is 0 Å². The zero-order valence-electron chi connectivity index (χ0n) is 5.00. The van der Waals surface area contributed by atoms with Crippen LogP contribution in [0.3, 0.4) is 0 Å². The molecule has 1 rings (SSSR count). The van der Waals surface area contributed by atoms with Gasteiger partial charge in [0.1, 0.15) is 6.20 Å². The number of nitrogens with zero attached hydrogens (tertiary/aromatic N) is 2. The summed E-state index contributed by atoms with van der Waals surface area (Å²) in [5.74, 6) is 0. The van der Waals surface area contributed by atoms with Crippen molar-refractivity contribution in [3.63, 3.8) is 0 Å². The SMILES string of the molecule is C[N+]1(C)C=CN=C1.[I-]. The van der Waals surface area contributed by atoms with Crippen LogP contribution in [0.2, 0.25) is 0 Å². The zero-order valence-corrected chi connectivity index (χ0v) is 7.16. The van der Waals surface area contributed by atoms with Crippen LogP contribution in [-0.2, 0) is 0 Å². The average molecular weight is 224 g/mol. The fraction of sp³-hybridized carbons (Fsp3) is 0.400. The van der Waals surface area contributed by atoms with E-state index in [0.717, 1.165) is 4.48 Å². The molecule has 1 aliphatic heterocycles. The molecule has 2 nitrogen and oxygen atoms in total. The predicted molar refractivity (Wildman–Crippen MR) is 29.7 cm³/mol. The van der Waals surface area contributed by atoms with Gasteiger partial charge >= 0.3 is 0 Å². The van der Waals surface area contributed by atoms with Gasteiger partial charge in [-0.25, -0.2) is 4.99 Å². The fourth-order valence-corrected chi connectivity index (χ4v) is 0.459. The van der Waals surface area contributed by atoms with E-state index in [1.165, 1.54) is 0 Å². The Kier molecular flexibility index (Phi) is 2.62. The Morgan fingerprint density at radius 2 is 2.00 bits per heavy atom. The molecular weight excluding hydrogens is 215 g/mol. The molecule has 0 atom stereocenters. The minimum Gasteiger partial charge on any atom is -1.00 e. The highest BCUT2D eigenvalue weighted by molar-refractivity contribution is 5.50. The van der Waals surface area contributed by atoms with Crippen LogP contribution in [0.25, 0.3) is 0 Å². The molecule has 0 unspecified atom stereocenters. The molecule has 0 N–H and O–H groups in total. The summed E-state index contributed by atoms with van der Waals surface area (Å²) in [6.45, 7) is 0. The van der Waals surface area contributed by atoms with Crippen molar-refractivity contribution in [2.24, 2.45) is 4.99 Å². The van der Waals surface area contributed by atoms with Gasteiger partial charge in [0.2, 0.25) is 0 Å². The Morgan fingerprint density at radius 3 is 2.12 bits per heavy atom. The maximum Gasteiger partial charge on any atom is 0.194 e. The molecule has 0 aromatic rings. The van der Waals surface area contributed by atoms with E-state index in [4.69, 9.17) is 0 Å². The second kappa shape index (κ2) is 2.59. The lowest BCUT2D eigenvalue weighted by atomic mass is 10.7. The Labute approximate surface area is 66.5 Å². The number of hydrogen-bond donors (Lipinski definition) is 0. The average Bonchev–Trinajstić information content (AvgIpc) is 1.84. The molecule has 0 saturated heterocycles. The van der Waals surface area contributed by atoms with Crippen molar-refractivity contribution in [2.75, 3.05) is 14.1 Å². The highest BCUT2D eigenvalue weighted by Gasteiger charge is 2.09. The van der Waals surface area contributed by atoms with E-state index in [1.54, 1.807) is 6.20 Å². The highest BCUT2D eigenvalue weighted by atomic mass is 127. The van der Waals surface area contributed by atoms with E-state index >= 15 is 0 Å². The molecule has 3 heteroatoms. The summed E-state index contributed by atoms with van der Waals surface area (Å²) in [4.78, 5) is 3.90. The first kappa shape index (κ1) is 8.10. The van der Waals surface area contributed by atoms with Gasteiger partial charge in [0.15, 0.2) is 6.34 Å². The maximum absolute atomic E-state index is 3.90. The Hall–Kier alpha value is 0.100. The van der Waals surface area contributed by atoms with Crippen molar-refractivity contribution < 1.29 is 28.5 Å². The third kappa shape index (κ3) is 1.92. The number of hydrogen-bond acceptors (Lipinski definition) is 1. The quantitative estimate of drug-likeness (QED) is 0.321. The van der Waals surface area contributed by atoms with Crippen molar-refractivity contribution in [3.05, 3.63) is 12.4 Å². The zero-order chi connectivity index (χ0) is 5.33. The Bertz CT molecular complexity index is 112. The van der Waals surface area contributed by atoms with Gasteiger partial charge in [-0.15, -0.1) is 0 Å². The Morgan fingerprint density at radius 1 is 1.38 bits per heavy atom. The van der Waals surface area contributed by atoms with Crippen LogP contribution in [0.4, 0.5) is 0 Å². The van der Waals surface area contributed by atoms with E-state index in [1.807, 2.05) is 12.5 Å². The van der Waals surface area contributed by atoms with Gasteiger partial charge in [0.25, 0.3) is 0 Å². The lowest BCUT2D eigenvalue weighted by molar-refractivity contribution is -0.732. The van der Waals surface area contributed by atoms with E-state index < -0.39 is 0 Å². The topological polar surface area (TPSA) is 12.4 Å². The molecule has 46 valence electrons. The Balaban J connectivity index is 0.000000490. The third-order valence-electron chi connectivity index (χ3n) is 0.901. The van der Waals surface area contributed by atoms with Gasteiger partial charge in [-0.05, 0) is 0 Å². The van der Waals surface area contributed by atoms with Crippen molar-refractivity contribution in [1.82, 2.24) is 0 Å². The molecule has 0 fully saturated rings. The molecule has 1 heterocycles. The van der Waals surface area contributed by atoms with Crippen molar-refractivity contribution in [1.29, 1.82) is 0 Å². The first-order valence-corrected chi connectivity index (χ1v) is 2.26. The highest BCUT2D eigenvalue weighted by Crippen LogP contribution is 1.99. The summed E-state index contributed by atoms with van der Waals surface area (Å²) < 4.78 is 0.778. The van der Waals surface area contributed by atoms with Crippen LogP contribution >= 0.6 is 0 Å². The third-order valence-corrected chi connectivity index (χ3v) is 0.901. The molecule has 0 aromatic carbocycles. The van der Waals surface area contributed by atoms with Gasteiger partial charge in [-0.1, -0.05) is 0 Å². The van der Waals surface area contributed by atoms with Crippen molar-refractivity contribution in [2.45, 2.75) is 0 Å². The standard InChI is InChI=1S/C5H9N2.HI/c1-7(2)4-3-6-5-7;/h3-5H,1-2H3;1H/q+1;/p-1. The van der Waals surface area contributed by atoms with E-state index in [2.05, 4.69) is 19.1 Å². The minimum atomic E-state index is 0. The van der Waals surface area contributed by atoms with Crippen LogP contribution in [0.1, 0.15) is 0 Å². The van der Waals surface area contributed by atoms with E-state index in [-0.39, 0.29) is 24.0 Å². The summed E-state index contributed by atoms with van der Waals surface area (Å²) >= 11 is 0. The summed E-state index contributed by atoms with van der Waals surface area (Å²) in [6, 6.07) is 0. The van der Waals surface area contributed by atoms with Crippen LogP contribution in [0.15, 0.2) is 17.4 Å². The van der Waals surface area contributed by atoms with Crippen molar-refractivity contribution >= 4 is 6.34 Å². The molecule has 0 aliphatic carbocycles. The van der Waals surface area contributed by atoms with E-state index in [9.17, 15) is 0 Å². The first-order valence-electron chi connectivity index (χ1n) is 2.26. The smallest absolute Gasteiger partial charge is 0.194 e. The monoisotopic (exact) mass is 224 g/mol. The minimum absolute atomic E-state index is 0. The number of quaternary nitrogens is 1. The summed E-state index contributed by atoms with van der Waals surface area (Å²) in [6.07, 6.45) is 5.69. The molecule has 8 heavy (non-hydrogen) atoms. The molecular formula is C5H9IN2. The molecule has 0 radical (unpaired) electrons. The maximum atomic E-state index is 3.90. The van der Waals surface area contributed by atoms with Crippen LogP contribution in [0, 0.1) is 0 Å². The molecule has 1 aliphatic rings. The largest absolute Gasteiger partial charge is 1.00 e. The number of rotatable bonds is 0. The molecule has 0 aromatic heterocycles. The summed E-state index contributed by atoms with van der Waals surface area (Å²) in [5.41, 5.74) is 0. The fourth-order valence-electron chi connectivity index (χ4n) is 0.459. The van der Waals surface area contributed by atoms with Crippen LogP contribution in [-0.4, -0.2) is 24.9 Å². The van der Waals surface area contributed by atoms with Crippen molar-refractivity contribution in [3.8, 4) is 0 Å². The lowest BCUT2D eigenvalue weighted by Gasteiger charge is -2.12. The molecule has 0 bridgehead atoms. The lowest BCUT2D eigenvalue weighted by Crippen LogP contribution is -3.00. The molecule has 0 saturated carbocycles. The predicted octanol–water partition coefficient (Wildman–Crippen LogP) is -2.42. The van der Waals surface area contributed by atoms with Gasteiger partial charge in [-0.2, -0.15) is 0 Å². The first-order chi connectivity index (χ1) is 3.21. The van der Waals surface area contributed by atoms with Gasteiger partial charge in [0.05, 0.1) is 20.3 Å². The van der Waals surface area contributed by atoms with Crippen LogP contribution < -0.4 is 24.0 Å². The van der Waals surface area contributed by atoms with Gasteiger partial charge in [-0.3, -0.25) is 4.48 Å². The molecule has 0 amide bonds. The van der Waals surface area contributed by atoms with Gasteiger partial charge in [0, 0.05) is 0 Å². The summed E-state index contributed by atoms with van der Waals surface area (Å²) in [7, 11) is 4.12. The normalized spacial score (nSPS) is 20.8. The van der Waals surface area contributed by atoms with Gasteiger partial charge < -0.3 is 24.0 Å². The second-order valence-corrected chi connectivity index (χ2v) is 2.19. The molecule has 0 spiro atoms. The number of aliphatic imine (C=N–C) groups is 1. The second-order valence-electron chi connectivity index (χ2n) is 2.19.